The zero-order valence-electron chi connectivity index (χ0n) is 27.7. The van der Waals surface area contributed by atoms with E-state index in [0.29, 0.717) is 22.5 Å². The van der Waals surface area contributed by atoms with Crippen molar-refractivity contribution in [3.8, 4) is 28.6 Å². The van der Waals surface area contributed by atoms with Gasteiger partial charge in [0.05, 0.1) is 51.6 Å². The topological polar surface area (TPSA) is 38.0 Å². The average molecular weight is 659 g/mol. The predicted molar refractivity (Wildman–Crippen MR) is 195 cm³/mol. The summed E-state index contributed by atoms with van der Waals surface area (Å²) in [5.41, 5.74) is 8.78. The largest absolute Gasteiger partial charge is 0.415 e. The first-order valence-electron chi connectivity index (χ1n) is 16.2. The second kappa shape index (κ2) is 11.1. The van der Waals surface area contributed by atoms with Crippen LogP contribution in [0.25, 0.3) is 71.0 Å². The van der Waals surface area contributed by atoms with Crippen molar-refractivity contribution in [2.24, 2.45) is 0 Å². The minimum absolute atomic E-state index is 0.126. The van der Waals surface area contributed by atoms with E-state index in [1.165, 1.54) is 6.07 Å². The first-order chi connectivity index (χ1) is 24.0. The maximum atomic E-state index is 14.5. The minimum Gasteiger partial charge on any atom is -0.308 e. The molecule has 0 bridgehead atoms. The average Bonchev–Trinajstić information content (AvgIpc) is 3.63. The van der Waals surface area contributed by atoms with Crippen LogP contribution in [0, 0.1) is 45.6 Å². The predicted octanol–water partition coefficient (Wildman–Crippen LogP) is 12.2. The molecule has 0 saturated heterocycles. The number of nitrogens with zero attached hydrogens (tertiary/aromatic N) is 4. The maximum absolute atomic E-state index is 14.5. The lowest BCUT2D eigenvalue weighted by molar-refractivity contribution is -0.137. The summed E-state index contributed by atoms with van der Waals surface area (Å²) in [4.78, 5) is 3.48. The summed E-state index contributed by atoms with van der Waals surface area (Å²) in [6.07, 6.45) is -4.69. The second-order valence-electron chi connectivity index (χ2n) is 12.9. The Balaban J connectivity index is 1.66. The summed E-state index contributed by atoms with van der Waals surface area (Å²) < 4.78 is 47.7. The summed E-state index contributed by atoms with van der Waals surface area (Å²) in [5.74, 6) is 0. The van der Waals surface area contributed by atoms with Gasteiger partial charge in [0.15, 0.2) is 5.69 Å². The standard InChI is InChI=1S/C43H29F3N4/c1-24-10-6-14-32-38(24)39-25(2)11-7-15-33(39)49(32)36-18-28(23-47)19-37(42(36)29-20-30(43(44,45)46)22-31(21-29)48-5)50-34-16-8-12-26(3)40(34)41-27(4)13-9-17-35(41)50/h6-22H,1-4H3. The molecule has 0 amide bonds. The Morgan fingerprint density at radius 3 is 1.34 bits per heavy atom. The number of hydrogen-bond acceptors (Lipinski definition) is 1. The molecule has 0 fully saturated rings. The first-order valence-corrected chi connectivity index (χ1v) is 16.2. The highest BCUT2D eigenvalue weighted by atomic mass is 19.4. The van der Waals surface area contributed by atoms with Gasteiger partial charge in [0, 0.05) is 32.7 Å². The smallest absolute Gasteiger partial charge is 0.308 e. The first kappa shape index (κ1) is 31.0. The summed E-state index contributed by atoms with van der Waals surface area (Å²) in [6.45, 7) is 16.0. The number of benzene rings is 6. The van der Waals surface area contributed by atoms with E-state index in [0.717, 1.165) is 78.0 Å². The molecule has 0 aliphatic rings. The van der Waals surface area contributed by atoms with Crippen LogP contribution in [-0.2, 0) is 6.18 Å². The molecule has 50 heavy (non-hydrogen) atoms. The van der Waals surface area contributed by atoms with E-state index < -0.39 is 11.7 Å². The van der Waals surface area contributed by atoms with Gasteiger partial charge in [-0.25, -0.2) is 4.85 Å². The van der Waals surface area contributed by atoms with Crippen LogP contribution in [0.5, 0.6) is 0 Å². The number of aromatic nitrogens is 2. The van der Waals surface area contributed by atoms with Gasteiger partial charge < -0.3 is 9.13 Å². The van der Waals surface area contributed by atoms with Crippen LogP contribution >= 0.6 is 0 Å². The highest BCUT2D eigenvalue weighted by Crippen LogP contribution is 2.46. The lowest BCUT2D eigenvalue weighted by atomic mass is 9.95. The molecule has 8 rings (SSSR count). The van der Waals surface area contributed by atoms with Gasteiger partial charge in [-0.05, 0) is 110 Å². The van der Waals surface area contributed by atoms with Gasteiger partial charge in [0.2, 0.25) is 0 Å². The van der Waals surface area contributed by atoms with Gasteiger partial charge in [0.1, 0.15) is 0 Å². The van der Waals surface area contributed by atoms with Crippen molar-refractivity contribution >= 4 is 49.3 Å². The zero-order valence-corrected chi connectivity index (χ0v) is 27.7. The van der Waals surface area contributed by atoms with E-state index in [2.05, 4.69) is 20.0 Å². The third kappa shape index (κ3) is 4.51. The van der Waals surface area contributed by atoms with E-state index in [4.69, 9.17) is 6.57 Å². The Hall–Kier alpha value is -6.31. The summed E-state index contributed by atoms with van der Waals surface area (Å²) in [5, 5.41) is 14.7. The van der Waals surface area contributed by atoms with Crippen molar-refractivity contribution in [3.05, 3.63) is 148 Å². The van der Waals surface area contributed by atoms with Gasteiger partial charge in [0.25, 0.3) is 0 Å². The normalized spacial score (nSPS) is 11.9. The SMILES string of the molecule is [C-]#[N+]c1cc(-c2c(-n3c4cccc(C)c4c4c(C)cccc43)cc(C#N)cc2-n2c3cccc(C)c3c3c(C)cccc32)cc(C(F)(F)F)c1. The lowest BCUT2D eigenvalue weighted by Gasteiger charge is -2.22. The zero-order chi connectivity index (χ0) is 35.1. The van der Waals surface area contributed by atoms with Crippen LogP contribution in [0.1, 0.15) is 33.4 Å². The molecule has 8 aromatic rings. The van der Waals surface area contributed by atoms with Crippen molar-refractivity contribution in [2.45, 2.75) is 33.9 Å². The molecule has 0 N–H and O–H groups in total. The van der Waals surface area contributed by atoms with Crippen molar-refractivity contribution < 1.29 is 13.2 Å². The van der Waals surface area contributed by atoms with Crippen molar-refractivity contribution in [2.75, 3.05) is 0 Å². The van der Waals surface area contributed by atoms with Gasteiger partial charge in [-0.3, -0.25) is 0 Å². The van der Waals surface area contributed by atoms with Crippen LogP contribution in [0.2, 0.25) is 0 Å². The molecular weight excluding hydrogens is 629 g/mol. The molecule has 6 aromatic carbocycles. The number of fused-ring (bicyclic) bond motifs is 6. The van der Waals surface area contributed by atoms with Crippen LogP contribution in [0.4, 0.5) is 18.9 Å². The van der Waals surface area contributed by atoms with Gasteiger partial charge in [-0.2, -0.15) is 18.4 Å². The number of halogens is 3. The van der Waals surface area contributed by atoms with Gasteiger partial charge >= 0.3 is 6.18 Å². The summed E-state index contributed by atoms with van der Waals surface area (Å²) in [7, 11) is 0. The molecule has 0 radical (unpaired) electrons. The molecule has 0 aliphatic heterocycles. The Labute approximate surface area is 286 Å². The molecule has 0 aliphatic carbocycles. The van der Waals surface area contributed by atoms with Gasteiger partial charge in [-0.15, -0.1) is 0 Å². The number of nitriles is 1. The van der Waals surface area contributed by atoms with E-state index in [9.17, 15) is 18.4 Å². The third-order valence-electron chi connectivity index (χ3n) is 9.84. The van der Waals surface area contributed by atoms with E-state index in [1.807, 2.05) is 100 Å². The quantitative estimate of drug-likeness (QED) is 0.174. The molecule has 7 heteroatoms. The van der Waals surface area contributed by atoms with Crippen molar-refractivity contribution in [1.82, 2.24) is 9.13 Å². The second-order valence-corrected chi connectivity index (χ2v) is 12.9. The van der Waals surface area contributed by atoms with Crippen molar-refractivity contribution in [1.29, 1.82) is 5.26 Å². The fourth-order valence-electron chi connectivity index (χ4n) is 7.74. The Morgan fingerprint density at radius 2 is 1.00 bits per heavy atom. The van der Waals surface area contributed by atoms with Crippen LogP contribution in [0.15, 0.2) is 103 Å². The van der Waals surface area contributed by atoms with Crippen LogP contribution in [-0.4, -0.2) is 9.13 Å². The minimum atomic E-state index is -4.69. The van der Waals surface area contributed by atoms with E-state index in [1.54, 1.807) is 12.1 Å². The molecule has 242 valence electrons. The van der Waals surface area contributed by atoms with Crippen LogP contribution < -0.4 is 0 Å². The molecule has 0 saturated carbocycles. The molecular formula is C43H29F3N4. The fourth-order valence-corrected chi connectivity index (χ4v) is 7.74. The van der Waals surface area contributed by atoms with E-state index in [-0.39, 0.29) is 11.3 Å². The summed E-state index contributed by atoms with van der Waals surface area (Å²) >= 11 is 0. The molecule has 0 atom stereocenters. The Morgan fingerprint density at radius 1 is 0.600 bits per heavy atom. The van der Waals surface area contributed by atoms with E-state index >= 15 is 0 Å². The Kier molecular flexibility index (Phi) is 6.89. The molecule has 2 aromatic heterocycles. The van der Waals surface area contributed by atoms with Crippen molar-refractivity contribution in [3.63, 3.8) is 0 Å². The van der Waals surface area contributed by atoms with Gasteiger partial charge in [-0.1, -0.05) is 48.5 Å². The number of hydrogen-bond donors (Lipinski definition) is 0. The van der Waals surface area contributed by atoms with Crippen LogP contribution in [0.3, 0.4) is 0 Å². The fraction of sp³-hybridized carbons (Fsp3) is 0.116. The number of alkyl halides is 3. The third-order valence-corrected chi connectivity index (χ3v) is 9.84. The maximum Gasteiger partial charge on any atom is 0.415 e. The number of aryl methyl sites for hydroxylation is 4. The molecule has 4 nitrogen and oxygen atoms in total. The highest BCUT2D eigenvalue weighted by Gasteiger charge is 2.32. The number of rotatable bonds is 3. The molecule has 0 unspecified atom stereocenters. The highest BCUT2D eigenvalue weighted by molar-refractivity contribution is 6.15. The monoisotopic (exact) mass is 658 g/mol. The molecule has 2 heterocycles. The molecule has 0 spiro atoms. The summed E-state index contributed by atoms with van der Waals surface area (Å²) in [6, 6.07) is 33.5. The lowest BCUT2D eigenvalue weighted by Crippen LogP contribution is -2.07. The Bertz CT molecular complexity index is 2550.